The lowest BCUT2D eigenvalue weighted by molar-refractivity contribution is 0.316. The molecule has 4 heteroatoms. The molecule has 0 aromatic heterocycles. The zero-order valence-electron chi connectivity index (χ0n) is 8.85. The highest BCUT2D eigenvalue weighted by atomic mass is 29.2. The van der Waals surface area contributed by atoms with Crippen molar-refractivity contribution in [2.75, 3.05) is 13.2 Å². The molecule has 0 aliphatic carbocycles. The van der Waals surface area contributed by atoms with Crippen LogP contribution in [-0.4, -0.2) is 30.3 Å². The smallest absolute Gasteiger partial charge is 0.203 e. The standard InChI is InChI=1S/C8H22O2Si2/c1-5-9-11-12(7-3,8-4)10-6-2/h5-8,11H2,1-4H3. The van der Waals surface area contributed by atoms with E-state index >= 15 is 0 Å². The van der Waals surface area contributed by atoms with E-state index in [0.717, 1.165) is 13.2 Å². The topological polar surface area (TPSA) is 18.5 Å². The summed E-state index contributed by atoms with van der Waals surface area (Å²) >= 11 is 0. The maximum absolute atomic E-state index is 5.91. The molecule has 74 valence electrons. The Labute approximate surface area is 79.5 Å². The van der Waals surface area contributed by atoms with E-state index in [1.165, 1.54) is 12.1 Å². The molecular weight excluding hydrogens is 184 g/mol. The van der Waals surface area contributed by atoms with Crippen molar-refractivity contribution in [3.63, 3.8) is 0 Å². The molecule has 0 saturated heterocycles. The molecule has 0 spiro atoms. The second kappa shape index (κ2) is 6.83. The summed E-state index contributed by atoms with van der Waals surface area (Å²) in [6.07, 6.45) is 0. The maximum atomic E-state index is 5.91. The van der Waals surface area contributed by atoms with Crippen LogP contribution in [0.2, 0.25) is 12.1 Å². The third kappa shape index (κ3) is 3.84. The SMILES string of the molecule is CCO[SiH2][Si](CC)(CC)OCC. The highest BCUT2D eigenvalue weighted by Crippen LogP contribution is 2.15. The number of rotatable bonds is 7. The molecule has 0 rings (SSSR count). The molecule has 0 aromatic carbocycles. The van der Waals surface area contributed by atoms with E-state index < -0.39 is 7.83 Å². The van der Waals surface area contributed by atoms with Crippen molar-refractivity contribution in [3.05, 3.63) is 0 Å². The minimum Gasteiger partial charge on any atom is -0.425 e. The molecule has 0 amide bonds. The van der Waals surface area contributed by atoms with Gasteiger partial charge in [-0.2, -0.15) is 0 Å². The lowest BCUT2D eigenvalue weighted by Crippen LogP contribution is -2.45. The van der Waals surface area contributed by atoms with Crippen molar-refractivity contribution in [1.29, 1.82) is 0 Å². The van der Waals surface area contributed by atoms with Gasteiger partial charge in [-0.15, -0.1) is 0 Å². The van der Waals surface area contributed by atoms with E-state index in [2.05, 4.69) is 27.7 Å². The average Bonchev–Trinajstić information content (AvgIpc) is 2.13. The first kappa shape index (κ1) is 12.4. The zero-order valence-corrected chi connectivity index (χ0v) is 11.3. The Bertz CT molecular complexity index is 105. The fraction of sp³-hybridized carbons (Fsp3) is 1.00. The Morgan fingerprint density at radius 2 is 1.58 bits per heavy atom. The van der Waals surface area contributed by atoms with Crippen LogP contribution in [-0.2, 0) is 8.85 Å². The lowest BCUT2D eigenvalue weighted by Gasteiger charge is -2.27. The van der Waals surface area contributed by atoms with Crippen LogP contribution < -0.4 is 0 Å². The normalized spacial score (nSPS) is 13.0. The Morgan fingerprint density at radius 1 is 1.00 bits per heavy atom. The van der Waals surface area contributed by atoms with Crippen molar-refractivity contribution < 1.29 is 8.85 Å². The summed E-state index contributed by atoms with van der Waals surface area (Å²) in [5.74, 6) is 0. The Kier molecular flexibility index (Phi) is 7.03. The molecule has 0 heterocycles. The van der Waals surface area contributed by atoms with Crippen LogP contribution in [0.15, 0.2) is 0 Å². The molecule has 0 aliphatic heterocycles. The monoisotopic (exact) mass is 206 g/mol. The Balaban J connectivity index is 3.95. The van der Waals surface area contributed by atoms with Crippen LogP contribution in [0.1, 0.15) is 27.7 Å². The van der Waals surface area contributed by atoms with Gasteiger partial charge < -0.3 is 8.85 Å². The fourth-order valence-corrected chi connectivity index (χ4v) is 7.70. The van der Waals surface area contributed by atoms with Crippen LogP contribution in [0.3, 0.4) is 0 Å². The third-order valence-corrected chi connectivity index (χ3v) is 12.7. The van der Waals surface area contributed by atoms with Gasteiger partial charge in [-0.05, 0) is 25.9 Å². The van der Waals surface area contributed by atoms with Gasteiger partial charge in [-0.3, -0.25) is 0 Å². The van der Waals surface area contributed by atoms with Crippen LogP contribution >= 0.6 is 0 Å². The van der Waals surface area contributed by atoms with Gasteiger partial charge in [0.2, 0.25) is 7.83 Å². The molecule has 0 atom stereocenters. The van der Waals surface area contributed by atoms with Gasteiger partial charge in [0, 0.05) is 13.2 Å². The van der Waals surface area contributed by atoms with Gasteiger partial charge in [-0.25, -0.2) is 0 Å². The summed E-state index contributed by atoms with van der Waals surface area (Å²) in [5, 5.41) is 0. The van der Waals surface area contributed by atoms with E-state index in [1.807, 2.05) is 0 Å². The number of hydrogen-bond donors (Lipinski definition) is 0. The summed E-state index contributed by atoms with van der Waals surface area (Å²) in [7, 11) is -1.72. The predicted octanol–water partition coefficient (Wildman–Crippen LogP) is 1.63. The van der Waals surface area contributed by atoms with Crippen molar-refractivity contribution in [3.8, 4) is 0 Å². The van der Waals surface area contributed by atoms with Crippen molar-refractivity contribution >= 4 is 17.1 Å². The first-order valence-corrected chi connectivity index (χ1v) is 10.2. The van der Waals surface area contributed by atoms with Gasteiger partial charge in [0.25, 0.3) is 0 Å². The minimum atomic E-state index is -1.35. The molecular formula is C8H22O2Si2. The highest BCUT2D eigenvalue weighted by molar-refractivity contribution is 7.19. The van der Waals surface area contributed by atoms with E-state index in [0.29, 0.717) is 0 Å². The van der Waals surface area contributed by atoms with Gasteiger partial charge >= 0.3 is 0 Å². The molecule has 12 heavy (non-hydrogen) atoms. The van der Waals surface area contributed by atoms with Crippen molar-refractivity contribution in [2.24, 2.45) is 0 Å². The molecule has 0 fully saturated rings. The molecule has 0 saturated carbocycles. The first-order chi connectivity index (χ1) is 5.74. The van der Waals surface area contributed by atoms with Gasteiger partial charge in [0.1, 0.15) is 0 Å². The van der Waals surface area contributed by atoms with E-state index in [9.17, 15) is 0 Å². The summed E-state index contributed by atoms with van der Waals surface area (Å²) in [5.41, 5.74) is 0. The molecule has 0 N–H and O–H groups in total. The van der Waals surface area contributed by atoms with Crippen molar-refractivity contribution in [2.45, 2.75) is 39.8 Å². The summed E-state index contributed by atoms with van der Waals surface area (Å²) in [6.45, 7) is 10.4. The summed E-state index contributed by atoms with van der Waals surface area (Å²) < 4.78 is 11.5. The maximum Gasteiger partial charge on any atom is 0.203 e. The first-order valence-electron chi connectivity index (χ1n) is 4.96. The van der Waals surface area contributed by atoms with Crippen LogP contribution in [0.25, 0.3) is 0 Å². The molecule has 0 aromatic rings. The van der Waals surface area contributed by atoms with Gasteiger partial charge in [0.15, 0.2) is 9.28 Å². The molecule has 0 unspecified atom stereocenters. The molecule has 0 bridgehead atoms. The second-order valence-electron chi connectivity index (χ2n) is 2.96. The number of hydrogen-bond acceptors (Lipinski definition) is 2. The largest absolute Gasteiger partial charge is 0.425 e. The molecule has 2 nitrogen and oxygen atoms in total. The molecule has 0 aliphatic rings. The van der Waals surface area contributed by atoms with Crippen LogP contribution in [0.5, 0.6) is 0 Å². The Hall–Kier alpha value is 0.354. The predicted molar refractivity (Wildman–Crippen MR) is 58.5 cm³/mol. The molecule has 0 radical (unpaired) electrons. The van der Waals surface area contributed by atoms with Crippen LogP contribution in [0, 0.1) is 0 Å². The summed E-state index contributed by atoms with van der Waals surface area (Å²) in [4.78, 5) is 0. The van der Waals surface area contributed by atoms with Gasteiger partial charge in [0.05, 0.1) is 0 Å². The third-order valence-electron chi connectivity index (χ3n) is 2.31. The second-order valence-corrected chi connectivity index (χ2v) is 12.5. The summed E-state index contributed by atoms with van der Waals surface area (Å²) in [6, 6.07) is 2.45. The highest BCUT2D eigenvalue weighted by Gasteiger charge is 2.31. The quantitative estimate of drug-likeness (QED) is 0.590. The van der Waals surface area contributed by atoms with Crippen molar-refractivity contribution in [1.82, 2.24) is 0 Å². The Morgan fingerprint density at radius 3 is 1.92 bits per heavy atom. The van der Waals surface area contributed by atoms with E-state index in [4.69, 9.17) is 8.85 Å². The fourth-order valence-electron chi connectivity index (χ4n) is 1.29. The van der Waals surface area contributed by atoms with E-state index in [1.54, 1.807) is 0 Å². The van der Waals surface area contributed by atoms with E-state index in [-0.39, 0.29) is 9.28 Å². The minimum absolute atomic E-state index is 0.376. The average molecular weight is 206 g/mol. The van der Waals surface area contributed by atoms with Gasteiger partial charge in [-0.1, -0.05) is 13.8 Å². The lowest BCUT2D eigenvalue weighted by atomic mass is 10.9. The van der Waals surface area contributed by atoms with Crippen LogP contribution in [0.4, 0.5) is 0 Å². The zero-order chi connectivity index (χ0) is 9.45.